The molecule has 0 aliphatic carbocycles. The van der Waals surface area contributed by atoms with Gasteiger partial charge in [0.05, 0.1) is 18.8 Å². The smallest absolute Gasteiger partial charge is 0.220 e. The van der Waals surface area contributed by atoms with Crippen LogP contribution in [0.5, 0.6) is 0 Å². The van der Waals surface area contributed by atoms with E-state index in [1.165, 1.54) is 186 Å². The monoisotopic (exact) mass is 970 g/mol. The molecule has 0 fully saturated rings. The highest BCUT2D eigenvalue weighted by molar-refractivity contribution is 5.76. The maximum absolute atomic E-state index is 12.5. The van der Waals surface area contributed by atoms with Crippen LogP contribution in [0.4, 0.5) is 0 Å². The van der Waals surface area contributed by atoms with Crippen molar-refractivity contribution < 1.29 is 15.0 Å². The van der Waals surface area contributed by atoms with E-state index in [9.17, 15) is 15.0 Å². The molecule has 0 saturated carbocycles. The molecule has 0 aromatic heterocycles. The number of unbranched alkanes of at least 4 members (excludes halogenated alkanes) is 31. The lowest BCUT2D eigenvalue weighted by molar-refractivity contribution is -0.123. The van der Waals surface area contributed by atoms with Gasteiger partial charge in [0.15, 0.2) is 0 Å². The van der Waals surface area contributed by atoms with Crippen LogP contribution in [-0.2, 0) is 4.79 Å². The zero-order chi connectivity index (χ0) is 50.6. The van der Waals surface area contributed by atoms with Crippen molar-refractivity contribution in [3.05, 3.63) is 109 Å². The van der Waals surface area contributed by atoms with E-state index < -0.39 is 12.1 Å². The molecule has 0 aliphatic rings. The van der Waals surface area contributed by atoms with Crippen molar-refractivity contribution in [1.82, 2.24) is 5.32 Å². The van der Waals surface area contributed by atoms with Crippen LogP contribution in [0.1, 0.15) is 284 Å². The Hall–Kier alpha value is -2.95. The minimum Gasteiger partial charge on any atom is -0.394 e. The number of allylic oxidation sites excluding steroid dienone is 17. The van der Waals surface area contributed by atoms with Crippen LogP contribution >= 0.6 is 0 Å². The first kappa shape index (κ1) is 67.0. The number of nitrogens with one attached hydrogen (secondary N) is 1. The third kappa shape index (κ3) is 56.0. The molecule has 0 aromatic rings. The molecule has 0 saturated heterocycles. The molecule has 0 spiro atoms. The Bertz CT molecular complexity index is 1330. The molecule has 3 N–H and O–H groups in total. The predicted octanol–water partition coefficient (Wildman–Crippen LogP) is 20.3. The summed E-state index contributed by atoms with van der Waals surface area (Å²) >= 11 is 0. The van der Waals surface area contributed by atoms with Gasteiger partial charge < -0.3 is 15.5 Å². The van der Waals surface area contributed by atoms with Crippen LogP contribution in [0, 0.1) is 0 Å². The molecule has 402 valence electrons. The summed E-state index contributed by atoms with van der Waals surface area (Å²) in [4.78, 5) is 12.5. The molecule has 4 nitrogen and oxygen atoms in total. The SMILES string of the molecule is CC/C=C\C/C=C\C/C=C\C/C=C\C/C=C\C/C=C\CCCCCCCCCCCCCCCCCCCCCCC(=O)NC(CO)C(O)/C=C/CC/C=C/CC/C=C/CCCCCCCCCCC. The normalized spacial score (nSPS) is 13.6. The number of rotatable bonds is 54. The molecular formula is C66H115NO3. The molecule has 0 heterocycles. The summed E-state index contributed by atoms with van der Waals surface area (Å²) in [6.07, 6.45) is 91.3. The third-order valence-electron chi connectivity index (χ3n) is 13.2. The summed E-state index contributed by atoms with van der Waals surface area (Å²) in [5.74, 6) is -0.0775. The fraction of sp³-hybridized carbons (Fsp3) is 0.712. The zero-order valence-electron chi connectivity index (χ0n) is 46.3. The van der Waals surface area contributed by atoms with Gasteiger partial charge in [0.2, 0.25) is 5.91 Å². The number of carbonyl (C=O) groups excluding carboxylic acids is 1. The minimum absolute atomic E-state index is 0.0775. The molecule has 0 aromatic carbocycles. The first-order chi connectivity index (χ1) is 34.7. The largest absolute Gasteiger partial charge is 0.394 e. The average Bonchev–Trinajstić information content (AvgIpc) is 3.36. The van der Waals surface area contributed by atoms with Gasteiger partial charge in [-0.1, -0.05) is 290 Å². The molecule has 0 rings (SSSR count). The van der Waals surface area contributed by atoms with Gasteiger partial charge in [-0.05, 0) is 96.3 Å². The second-order valence-corrected chi connectivity index (χ2v) is 20.0. The van der Waals surface area contributed by atoms with Gasteiger partial charge in [-0.25, -0.2) is 0 Å². The van der Waals surface area contributed by atoms with Gasteiger partial charge in [0.1, 0.15) is 0 Å². The third-order valence-corrected chi connectivity index (χ3v) is 13.2. The topological polar surface area (TPSA) is 69.6 Å². The van der Waals surface area contributed by atoms with Crippen molar-refractivity contribution >= 4 is 5.91 Å². The Morgan fingerprint density at radius 3 is 1.00 bits per heavy atom. The molecule has 70 heavy (non-hydrogen) atoms. The molecule has 4 heteroatoms. The molecule has 0 radical (unpaired) electrons. The molecular weight excluding hydrogens is 855 g/mol. The van der Waals surface area contributed by atoms with Crippen LogP contribution in [-0.4, -0.2) is 34.9 Å². The molecule has 2 atom stereocenters. The summed E-state index contributed by atoms with van der Waals surface area (Å²) < 4.78 is 0. The summed E-state index contributed by atoms with van der Waals surface area (Å²) in [7, 11) is 0. The fourth-order valence-electron chi connectivity index (χ4n) is 8.69. The summed E-state index contributed by atoms with van der Waals surface area (Å²) in [6.45, 7) is 4.18. The number of hydrogen-bond donors (Lipinski definition) is 3. The van der Waals surface area contributed by atoms with E-state index in [1.807, 2.05) is 6.08 Å². The Kier molecular flexibility index (Phi) is 57.8. The molecule has 0 bridgehead atoms. The van der Waals surface area contributed by atoms with Crippen LogP contribution in [0.15, 0.2) is 109 Å². The van der Waals surface area contributed by atoms with Crippen molar-refractivity contribution in [3.8, 4) is 0 Å². The quantitative estimate of drug-likeness (QED) is 0.0420. The van der Waals surface area contributed by atoms with Gasteiger partial charge in [0.25, 0.3) is 0 Å². The van der Waals surface area contributed by atoms with E-state index in [2.05, 4.69) is 116 Å². The predicted molar refractivity (Wildman–Crippen MR) is 313 cm³/mol. The highest BCUT2D eigenvalue weighted by atomic mass is 16.3. The first-order valence-electron chi connectivity index (χ1n) is 30.1. The van der Waals surface area contributed by atoms with Gasteiger partial charge in [-0.3, -0.25) is 4.79 Å². The lowest BCUT2D eigenvalue weighted by Crippen LogP contribution is -2.45. The number of hydrogen-bond acceptors (Lipinski definition) is 3. The summed E-state index contributed by atoms with van der Waals surface area (Å²) in [5.41, 5.74) is 0. The number of amides is 1. The Balaban J connectivity index is 3.51. The second kappa shape index (κ2) is 60.4. The van der Waals surface area contributed by atoms with E-state index in [0.29, 0.717) is 6.42 Å². The summed E-state index contributed by atoms with van der Waals surface area (Å²) in [6, 6.07) is -0.650. The molecule has 1 amide bonds. The Morgan fingerprint density at radius 2 is 0.643 bits per heavy atom. The van der Waals surface area contributed by atoms with Crippen LogP contribution in [0.25, 0.3) is 0 Å². The van der Waals surface area contributed by atoms with E-state index in [0.717, 1.165) is 77.0 Å². The van der Waals surface area contributed by atoms with Crippen molar-refractivity contribution in [2.75, 3.05) is 6.61 Å². The maximum atomic E-state index is 12.5. The lowest BCUT2D eigenvalue weighted by atomic mass is 10.0. The van der Waals surface area contributed by atoms with E-state index in [4.69, 9.17) is 0 Å². The van der Waals surface area contributed by atoms with Gasteiger partial charge in [0, 0.05) is 6.42 Å². The molecule has 0 aliphatic heterocycles. The van der Waals surface area contributed by atoms with Crippen LogP contribution in [0.2, 0.25) is 0 Å². The van der Waals surface area contributed by atoms with Gasteiger partial charge in [-0.15, -0.1) is 0 Å². The zero-order valence-corrected chi connectivity index (χ0v) is 46.3. The standard InChI is InChI=1S/C66H115NO3/c1-3-5-7-9-11-13-15-17-19-21-23-24-25-26-27-28-29-30-31-32-33-34-35-36-37-38-39-40-41-42-44-46-48-50-52-54-56-58-60-62-66(70)67-64(63-68)65(69)61-59-57-55-53-51-49-47-45-43-22-20-18-16-14-12-10-8-6-4-2/h5,7,11,13,17,19,23-24,26-27,29-30,43,45,51,53,59,61,64-65,68-69H,3-4,6,8-10,12,14-16,18,20-22,25,28,31-42,44,46-50,52,54-58,60,62-63H2,1-2H3,(H,67,70)/b7-5-,13-11-,19-17-,24-23-,27-26-,30-29-,45-43+,53-51+,61-59+. The Labute approximate surface area is 436 Å². The van der Waals surface area contributed by atoms with Gasteiger partial charge in [-0.2, -0.15) is 0 Å². The minimum atomic E-state index is -0.874. The van der Waals surface area contributed by atoms with Crippen LogP contribution < -0.4 is 5.32 Å². The lowest BCUT2D eigenvalue weighted by Gasteiger charge is -2.19. The van der Waals surface area contributed by atoms with Crippen molar-refractivity contribution in [2.24, 2.45) is 0 Å². The van der Waals surface area contributed by atoms with Crippen molar-refractivity contribution in [3.63, 3.8) is 0 Å². The number of aliphatic hydroxyl groups excluding tert-OH is 2. The van der Waals surface area contributed by atoms with E-state index in [1.54, 1.807) is 6.08 Å². The molecule has 2 unspecified atom stereocenters. The number of aliphatic hydroxyl groups is 2. The number of carbonyl (C=O) groups is 1. The summed E-state index contributed by atoms with van der Waals surface area (Å²) in [5, 5.41) is 23.1. The maximum Gasteiger partial charge on any atom is 0.220 e. The van der Waals surface area contributed by atoms with Crippen molar-refractivity contribution in [2.45, 2.75) is 296 Å². The van der Waals surface area contributed by atoms with E-state index >= 15 is 0 Å². The Morgan fingerprint density at radius 1 is 0.357 bits per heavy atom. The van der Waals surface area contributed by atoms with Gasteiger partial charge >= 0.3 is 0 Å². The second-order valence-electron chi connectivity index (χ2n) is 20.0. The average molecular weight is 971 g/mol. The van der Waals surface area contributed by atoms with E-state index in [-0.39, 0.29) is 12.5 Å². The van der Waals surface area contributed by atoms with Crippen LogP contribution in [0.3, 0.4) is 0 Å². The highest BCUT2D eigenvalue weighted by Gasteiger charge is 2.18. The fourth-order valence-corrected chi connectivity index (χ4v) is 8.69. The first-order valence-corrected chi connectivity index (χ1v) is 30.1. The van der Waals surface area contributed by atoms with Crippen molar-refractivity contribution in [1.29, 1.82) is 0 Å². The highest BCUT2D eigenvalue weighted by Crippen LogP contribution is 2.16.